The molecule has 0 aliphatic carbocycles. The summed E-state index contributed by atoms with van der Waals surface area (Å²) in [4.78, 5) is 11.6. The SMILES string of the molecule is Cl.O=C1Nc2ccc(Cl)cc2C2(CCNCC2)O1. The van der Waals surface area contributed by atoms with E-state index in [4.69, 9.17) is 16.3 Å². The second-order valence-electron chi connectivity index (χ2n) is 4.45. The Morgan fingerprint density at radius 2 is 2.00 bits per heavy atom. The monoisotopic (exact) mass is 288 g/mol. The zero-order chi connectivity index (χ0) is 11.9. The number of hydrogen-bond acceptors (Lipinski definition) is 3. The summed E-state index contributed by atoms with van der Waals surface area (Å²) in [6, 6.07) is 5.50. The van der Waals surface area contributed by atoms with Gasteiger partial charge >= 0.3 is 6.09 Å². The second kappa shape index (κ2) is 4.96. The van der Waals surface area contributed by atoms with E-state index in [1.807, 2.05) is 12.1 Å². The van der Waals surface area contributed by atoms with Gasteiger partial charge in [-0.15, -0.1) is 12.4 Å². The van der Waals surface area contributed by atoms with Crippen LogP contribution in [-0.4, -0.2) is 19.2 Å². The minimum Gasteiger partial charge on any atom is -0.438 e. The van der Waals surface area contributed by atoms with E-state index in [-0.39, 0.29) is 18.5 Å². The number of halogens is 2. The number of rotatable bonds is 0. The average Bonchev–Trinajstić information content (AvgIpc) is 2.31. The molecule has 1 saturated heterocycles. The van der Waals surface area contributed by atoms with Crippen LogP contribution in [0.2, 0.25) is 5.02 Å². The van der Waals surface area contributed by atoms with Crippen molar-refractivity contribution in [2.75, 3.05) is 18.4 Å². The van der Waals surface area contributed by atoms with Crippen LogP contribution in [0.25, 0.3) is 0 Å². The van der Waals surface area contributed by atoms with Gasteiger partial charge in [-0.2, -0.15) is 0 Å². The smallest absolute Gasteiger partial charge is 0.412 e. The predicted molar refractivity (Wildman–Crippen MR) is 72.6 cm³/mol. The number of fused-ring (bicyclic) bond motifs is 2. The van der Waals surface area contributed by atoms with Crippen molar-refractivity contribution in [3.63, 3.8) is 0 Å². The predicted octanol–water partition coefficient (Wildman–Crippen LogP) is 2.90. The Hall–Kier alpha value is -0.970. The maximum atomic E-state index is 11.6. The van der Waals surface area contributed by atoms with Gasteiger partial charge < -0.3 is 10.1 Å². The number of amides is 1. The molecule has 1 fully saturated rings. The molecule has 1 spiro atoms. The molecular formula is C12H14Cl2N2O2. The fourth-order valence-corrected chi connectivity index (χ4v) is 2.74. The van der Waals surface area contributed by atoms with Crippen LogP contribution in [0.15, 0.2) is 18.2 Å². The molecule has 0 unspecified atom stereocenters. The van der Waals surface area contributed by atoms with Crippen molar-refractivity contribution in [1.82, 2.24) is 5.32 Å². The number of carbonyl (C=O) groups is 1. The Balaban J connectivity index is 0.00000120. The summed E-state index contributed by atoms with van der Waals surface area (Å²) in [7, 11) is 0. The first-order chi connectivity index (χ1) is 8.20. The lowest BCUT2D eigenvalue weighted by molar-refractivity contribution is -0.0125. The zero-order valence-electron chi connectivity index (χ0n) is 9.66. The number of ether oxygens (including phenoxy) is 1. The highest BCUT2D eigenvalue weighted by molar-refractivity contribution is 6.30. The molecule has 1 aromatic rings. The Kier molecular flexibility index (Phi) is 3.71. The Morgan fingerprint density at radius 3 is 2.72 bits per heavy atom. The van der Waals surface area contributed by atoms with Crippen molar-refractivity contribution in [2.45, 2.75) is 18.4 Å². The maximum Gasteiger partial charge on any atom is 0.412 e. The molecule has 2 aliphatic heterocycles. The first-order valence-electron chi connectivity index (χ1n) is 5.70. The van der Waals surface area contributed by atoms with Crippen molar-refractivity contribution in [2.24, 2.45) is 0 Å². The van der Waals surface area contributed by atoms with E-state index in [1.165, 1.54) is 0 Å². The van der Waals surface area contributed by atoms with Gasteiger partial charge in [0.1, 0.15) is 5.60 Å². The van der Waals surface area contributed by atoms with Crippen molar-refractivity contribution in [3.05, 3.63) is 28.8 Å². The summed E-state index contributed by atoms with van der Waals surface area (Å²) in [5, 5.41) is 6.66. The van der Waals surface area contributed by atoms with Gasteiger partial charge in [-0.25, -0.2) is 4.79 Å². The average molecular weight is 289 g/mol. The number of carbonyl (C=O) groups excluding carboxylic acids is 1. The molecule has 2 N–H and O–H groups in total. The molecule has 2 aliphatic rings. The molecule has 0 bridgehead atoms. The van der Waals surface area contributed by atoms with Crippen molar-refractivity contribution < 1.29 is 9.53 Å². The molecular weight excluding hydrogens is 275 g/mol. The van der Waals surface area contributed by atoms with Crippen LogP contribution in [-0.2, 0) is 10.3 Å². The molecule has 98 valence electrons. The highest BCUT2D eigenvalue weighted by Gasteiger charge is 2.42. The van der Waals surface area contributed by atoms with Gasteiger partial charge in [0.15, 0.2) is 0 Å². The van der Waals surface area contributed by atoms with E-state index >= 15 is 0 Å². The van der Waals surface area contributed by atoms with Gasteiger partial charge in [-0.1, -0.05) is 11.6 Å². The van der Waals surface area contributed by atoms with Crippen LogP contribution >= 0.6 is 24.0 Å². The summed E-state index contributed by atoms with van der Waals surface area (Å²) >= 11 is 6.03. The first-order valence-corrected chi connectivity index (χ1v) is 6.08. The Morgan fingerprint density at radius 1 is 1.28 bits per heavy atom. The van der Waals surface area contributed by atoms with Crippen molar-refractivity contribution in [1.29, 1.82) is 0 Å². The largest absolute Gasteiger partial charge is 0.438 e. The molecule has 18 heavy (non-hydrogen) atoms. The van der Waals surface area contributed by atoms with Gasteiger partial charge in [0, 0.05) is 23.4 Å². The Labute approximate surface area is 116 Å². The van der Waals surface area contributed by atoms with Gasteiger partial charge in [-0.3, -0.25) is 5.32 Å². The lowest BCUT2D eigenvalue weighted by Crippen LogP contribution is -2.46. The minimum atomic E-state index is -0.506. The molecule has 0 aromatic heterocycles. The molecule has 6 heteroatoms. The van der Waals surface area contributed by atoms with Crippen LogP contribution in [0.4, 0.5) is 10.5 Å². The molecule has 2 heterocycles. The molecule has 0 radical (unpaired) electrons. The van der Waals surface area contributed by atoms with Gasteiger partial charge in [0.2, 0.25) is 0 Å². The van der Waals surface area contributed by atoms with Crippen molar-refractivity contribution in [3.8, 4) is 0 Å². The first kappa shape index (κ1) is 13.5. The molecule has 1 amide bonds. The van der Waals surface area contributed by atoms with E-state index in [2.05, 4.69) is 10.6 Å². The number of piperidine rings is 1. The highest BCUT2D eigenvalue weighted by atomic mass is 35.5. The summed E-state index contributed by atoms with van der Waals surface area (Å²) in [6.45, 7) is 1.69. The fourth-order valence-electron chi connectivity index (χ4n) is 2.57. The van der Waals surface area contributed by atoms with E-state index in [9.17, 15) is 4.79 Å². The third-order valence-electron chi connectivity index (χ3n) is 3.41. The Bertz CT molecular complexity index is 473. The topological polar surface area (TPSA) is 50.4 Å². The lowest BCUT2D eigenvalue weighted by atomic mass is 9.83. The standard InChI is InChI=1S/C12H13ClN2O2.ClH/c13-8-1-2-10-9(7-8)12(17-11(16)15-10)3-5-14-6-4-12;/h1-2,7,14H,3-6H2,(H,15,16);1H. The quantitative estimate of drug-likeness (QED) is 0.772. The fraction of sp³-hybridized carbons (Fsp3) is 0.417. The number of nitrogens with one attached hydrogen (secondary N) is 2. The minimum absolute atomic E-state index is 0. The lowest BCUT2D eigenvalue weighted by Gasteiger charge is -2.41. The third-order valence-corrected chi connectivity index (χ3v) is 3.64. The van der Waals surface area contributed by atoms with Crippen LogP contribution in [0, 0.1) is 0 Å². The van der Waals surface area contributed by atoms with E-state index in [1.54, 1.807) is 6.07 Å². The van der Waals surface area contributed by atoms with Gasteiger partial charge in [-0.05, 0) is 31.3 Å². The molecule has 3 rings (SSSR count). The second-order valence-corrected chi connectivity index (χ2v) is 4.89. The normalized spacial score (nSPS) is 20.4. The highest BCUT2D eigenvalue weighted by Crippen LogP contribution is 2.43. The number of anilines is 1. The van der Waals surface area contributed by atoms with Crippen LogP contribution in [0.1, 0.15) is 18.4 Å². The maximum absolute atomic E-state index is 11.6. The summed E-state index contributed by atoms with van der Waals surface area (Å²) in [5.74, 6) is 0. The zero-order valence-corrected chi connectivity index (χ0v) is 11.2. The summed E-state index contributed by atoms with van der Waals surface area (Å²) in [6.07, 6.45) is 1.20. The van der Waals surface area contributed by atoms with Gasteiger partial charge in [0.05, 0.1) is 5.69 Å². The number of benzene rings is 1. The summed E-state index contributed by atoms with van der Waals surface area (Å²) in [5.41, 5.74) is 1.30. The molecule has 0 atom stereocenters. The molecule has 4 nitrogen and oxygen atoms in total. The van der Waals surface area contributed by atoms with Crippen LogP contribution < -0.4 is 10.6 Å². The number of hydrogen-bond donors (Lipinski definition) is 2. The molecule has 1 aromatic carbocycles. The third kappa shape index (κ3) is 2.16. The summed E-state index contributed by atoms with van der Waals surface area (Å²) < 4.78 is 5.55. The van der Waals surface area contributed by atoms with Crippen LogP contribution in [0.5, 0.6) is 0 Å². The molecule has 0 saturated carbocycles. The van der Waals surface area contributed by atoms with Crippen molar-refractivity contribution >= 4 is 35.8 Å². The van der Waals surface area contributed by atoms with Crippen LogP contribution in [0.3, 0.4) is 0 Å². The van der Waals surface area contributed by atoms with E-state index in [0.717, 1.165) is 37.2 Å². The van der Waals surface area contributed by atoms with E-state index in [0.29, 0.717) is 5.02 Å². The van der Waals surface area contributed by atoms with Gasteiger partial charge in [0.25, 0.3) is 0 Å². The van der Waals surface area contributed by atoms with E-state index < -0.39 is 5.60 Å².